The minimum atomic E-state index is -0.972. The summed E-state index contributed by atoms with van der Waals surface area (Å²) < 4.78 is 38.2. The number of fused-ring (bicyclic) bond motifs is 1. The van der Waals surface area contributed by atoms with Crippen LogP contribution in [0.25, 0.3) is 0 Å². The second-order valence-electron chi connectivity index (χ2n) is 4.56. The molecule has 2 aromatic rings. The Morgan fingerprint density at radius 2 is 2.05 bits per heavy atom. The molecule has 20 heavy (non-hydrogen) atoms. The van der Waals surface area contributed by atoms with E-state index in [1.54, 1.807) is 0 Å². The number of rotatable bonds is 3. The van der Waals surface area contributed by atoms with Crippen molar-refractivity contribution in [2.24, 2.45) is 0 Å². The zero-order chi connectivity index (χ0) is 14.1. The lowest BCUT2D eigenvalue weighted by atomic mass is 10.0. The van der Waals surface area contributed by atoms with Gasteiger partial charge in [0, 0.05) is 10.0 Å². The van der Waals surface area contributed by atoms with Crippen LogP contribution in [0.5, 0.6) is 11.5 Å². The Hall–Kier alpha value is -1.62. The number of halogens is 3. The zero-order valence-corrected chi connectivity index (χ0v) is 12.0. The molecular weight excluding hydrogens is 330 g/mol. The highest BCUT2D eigenvalue weighted by Crippen LogP contribution is 2.34. The number of hydrogen-bond acceptors (Lipinski definition) is 2. The molecule has 0 spiro atoms. The molecular formula is C15H11BrF2O2. The third-order valence-corrected chi connectivity index (χ3v) is 3.66. The summed E-state index contributed by atoms with van der Waals surface area (Å²) >= 11 is 3.12. The third-order valence-electron chi connectivity index (χ3n) is 3.20. The molecule has 1 aliphatic rings. The fraction of sp³-hybridized carbons (Fsp3) is 0.200. The molecule has 0 aliphatic carbocycles. The van der Waals surface area contributed by atoms with Crippen LogP contribution < -0.4 is 9.47 Å². The molecule has 2 aromatic carbocycles. The van der Waals surface area contributed by atoms with E-state index < -0.39 is 11.6 Å². The van der Waals surface area contributed by atoms with E-state index in [2.05, 4.69) is 15.9 Å². The highest BCUT2D eigenvalue weighted by Gasteiger charge is 2.24. The predicted octanol–water partition coefficient (Wildman–Crippen LogP) is 4.28. The minimum absolute atomic E-state index is 0.0210. The van der Waals surface area contributed by atoms with Crippen molar-refractivity contribution in [2.45, 2.75) is 5.92 Å². The summed E-state index contributed by atoms with van der Waals surface area (Å²) in [6, 6.07) is 10.1. The van der Waals surface area contributed by atoms with Gasteiger partial charge in [-0.2, -0.15) is 4.39 Å². The van der Waals surface area contributed by atoms with E-state index in [4.69, 9.17) is 9.47 Å². The van der Waals surface area contributed by atoms with Gasteiger partial charge in [0.2, 0.25) is 5.82 Å². The maximum Gasteiger partial charge on any atom is 0.200 e. The molecule has 3 rings (SSSR count). The first kappa shape index (κ1) is 13.4. The summed E-state index contributed by atoms with van der Waals surface area (Å²) in [4.78, 5) is 0. The average molecular weight is 341 g/mol. The van der Waals surface area contributed by atoms with E-state index in [1.165, 1.54) is 6.07 Å². The van der Waals surface area contributed by atoms with E-state index in [0.29, 0.717) is 11.1 Å². The van der Waals surface area contributed by atoms with Gasteiger partial charge < -0.3 is 9.47 Å². The maximum absolute atomic E-state index is 13.6. The smallest absolute Gasteiger partial charge is 0.200 e. The summed E-state index contributed by atoms with van der Waals surface area (Å²) in [5.41, 5.74) is 1.03. The van der Waals surface area contributed by atoms with Crippen molar-refractivity contribution in [3.8, 4) is 11.5 Å². The first-order valence-electron chi connectivity index (χ1n) is 6.14. The van der Waals surface area contributed by atoms with Gasteiger partial charge in [-0.25, -0.2) is 4.39 Å². The molecule has 1 heterocycles. The summed E-state index contributed by atoms with van der Waals surface area (Å²) in [5.74, 6) is -1.16. The lowest BCUT2D eigenvalue weighted by Gasteiger charge is -2.12. The molecule has 0 bridgehead atoms. The van der Waals surface area contributed by atoms with Gasteiger partial charge in [-0.3, -0.25) is 0 Å². The third kappa shape index (κ3) is 2.50. The standard InChI is InChI=1S/C15H11BrF2O2/c16-10-5-12(17)15(18)14(6-10)20-8-9-7-19-13-4-2-1-3-11(9)13/h1-6,9H,7-8H2. The first-order chi connectivity index (χ1) is 9.65. The molecule has 0 amide bonds. The van der Waals surface area contributed by atoms with Crippen LogP contribution in [0.3, 0.4) is 0 Å². The molecule has 0 saturated carbocycles. The van der Waals surface area contributed by atoms with E-state index in [1.807, 2.05) is 24.3 Å². The topological polar surface area (TPSA) is 18.5 Å². The van der Waals surface area contributed by atoms with E-state index >= 15 is 0 Å². The second kappa shape index (κ2) is 5.40. The Morgan fingerprint density at radius 1 is 1.25 bits per heavy atom. The van der Waals surface area contributed by atoms with Crippen molar-refractivity contribution in [2.75, 3.05) is 13.2 Å². The summed E-state index contributed by atoms with van der Waals surface area (Å²) in [6.07, 6.45) is 0. The van der Waals surface area contributed by atoms with Crippen LogP contribution in [-0.2, 0) is 0 Å². The van der Waals surface area contributed by atoms with Crippen LogP contribution in [0, 0.1) is 11.6 Å². The van der Waals surface area contributed by atoms with Crippen LogP contribution >= 0.6 is 15.9 Å². The molecule has 0 N–H and O–H groups in total. The molecule has 1 unspecified atom stereocenters. The van der Waals surface area contributed by atoms with Gasteiger partial charge in [0.1, 0.15) is 5.75 Å². The van der Waals surface area contributed by atoms with Crippen molar-refractivity contribution in [1.82, 2.24) is 0 Å². The van der Waals surface area contributed by atoms with Crippen LogP contribution in [0.1, 0.15) is 11.5 Å². The van der Waals surface area contributed by atoms with Gasteiger partial charge in [0.25, 0.3) is 0 Å². The van der Waals surface area contributed by atoms with Gasteiger partial charge in [0.05, 0.1) is 19.1 Å². The summed E-state index contributed by atoms with van der Waals surface area (Å²) in [5, 5.41) is 0. The molecule has 0 aromatic heterocycles. The van der Waals surface area contributed by atoms with Gasteiger partial charge in [0.15, 0.2) is 11.6 Å². The Labute approximate surface area is 123 Å². The Kier molecular flexibility index (Phi) is 3.61. The highest BCUT2D eigenvalue weighted by molar-refractivity contribution is 9.10. The van der Waals surface area contributed by atoms with Gasteiger partial charge >= 0.3 is 0 Å². The summed E-state index contributed by atoms with van der Waals surface area (Å²) in [6.45, 7) is 0.723. The number of benzene rings is 2. The van der Waals surface area contributed by atoms with Crippen molar-refractivity contribution in [3.63, 3.8) is 0 Å². The summed E-state index contributed by atoms with van der Waals surface area (Å²) in [7, 11) is 0. The fourth-order valence-corrected chi connectivity index (χ4v) is 2.60. The zero-order valence-electron chi connectivity index (χ0n) is 10.4. The SMILES string of the molecule is Fc1cc(Br)cc(OCC2COc3ccccc32)c1F. The Balaban J connectivity index is 1.75. The first-order valence-corrected chi connectivity index (χ1v) is 6.93. The minimum Gasteiger partial charge on any atom is -0.493 e. The molecule has 104 valence electrons. The van der Waals surface area contributed by atoms with Gasteiger partial charge in [-0.15, -0.1) is 0 Å². The van der Waals surface area contributed by atoms with Crippen molar-refractivity contribution in [1.29, 1.82) is 0 Å². The highest BCUT2D eigenvalue weighted by atomic mass is 79.9. The molecule has 0 radical (unpaired) electrons. The fourth-order valence-electron chi connectivity index (χ4n) is 2.20. The number of para-hydroxylation sites is 1. The predicted molar refractivity (Wildman–Crippen MR) is 74.2 cm³/mol. The monoisotopic (exact) mass is 340 g/mol. The molecule has 2 nitrogen and oxygen atoms in total. The van der Waals surface area contributed by atoms with Crippen molar-refractivity contribution < 1.29 is 18.3 Å². The molecule has 1 atom stereocenters. The maximum atomic E-state index is 13.6. The van der Waals surface area contributed by atoms with Crippen molar-refractivity contribution in [3.05, 3.63) is 58.1 Å². The lowest BCUT2D eigenvalue weighted by molar-refractivity contribution is 0.238. The number of hydrogen-bond donors (Lipinski definition) is 0. The van der Waals surface area contributed by atoms with E-state index in [0.717, 1.165) is 17.4 Å². The normalized spacial score (nSPS) is 16.6. The Bertz CT molecular complexity index is 646. The van der Waals surface area contributed by atoms with Crippen molar-refractivity contribution >= 4 is 15.9 Å². The van der Waals surface area contributed by atoms with E-state index in [9.17, 15) is 8.78 Å². The van der Waals surface area contributed by atoms with E-state index in [-0.39, 0.29) is 18.3 Å². The van der Waals surface area contributed by atoms with Crippen LogP contribution in [-0.4, -0.2) is 13.2 Å². The van der Waals surface area contributed by atoms with Gasteiger partial charge in [-0.1, -0.05) is 34.1 Å². The quantitative estimate of drug-likeness (QED) is 0.776. The molecule has 0 saturated heterocycles. The largest absolute Gasteiger partial charge is 0.493 e. The number of ether oxygens (including phenoxy) is 2. The van der Waals surface area contributed by atoms with Crippen LogP contribution in [0.2, 0.25) is 0 Å². The molecule has 1 aliphatic heterocycles. The second-order valence-corrected chi connectivity index (χ2v) is 5.47. The molecule has 5 heteroatoms. The van der Waals surface area contributed by atoms with Crippen LogP contribution in [0.4, 0.5) is 8.78 Å². The van der Waals surface area contributed by atoms with Gasteiger partial charge in [-0.05, 0) is 18.2 Å². The Morgan fingerprint density at radius 3 is 2.90 bits per heavy atom. The molecule has 0 fully saturated rings. The average Bonchev–Trinajstić information content (AvgIpc) is 2.84. The van der Waals surface area contributed by atoms with Crippen LogP contribution in [0.15, 0.2) is 40.9 Å². The lowest BCUT2D eigenvalue weighted by Crippen LogP contribution is -2.12.